The highest BCUT2D eigenvalue weighted by Crippen LogP contribution is 2.36. The van der Waals surface area contributed by atoms with Gasteiger partial charge in [-0.25, -0.2) is 0 Å². The molecule has 1 aliphatic rings. The van der Waals surface area contributed by atoms with Gasteiger partial charge in [0.05, 0.1) is 5.56 Å². The van der Waals surface area contributed by atoms with Gasteiger partial charge in [-0.05, 0) is 46.3 Å². The average molecular weight is 599 g/mol. The van der Waals surface area contributed by atoms with E-state index in [9.17, 15) is 9.59 Å². The van der Waals surface area contributed by atoms with E-state index >= 15 is 0 Å². The zero-order valence-electron chi connectivity index (χ0n) is 24.7. The number of carbonyl (C=O) groups is 2. The Balaban J connectivity index is 1.60. The first kappa shape index (κ1) is 31.8. The Morgan fingerprint density at radius 2 is 1.10 bits per heavy atom. The highest BCUT2D eigenvalue weighted by atomic mass is 79.9. The summed E-state index contributed by atoms with van der Waals surface area (Å²) in [5.41, 5.74) is 1.33. The zero-order chi connectivity index (χ0) is 27.9. The van der Waals surface area contributed by atoms with Gasteiger partial charge in [-0.2, -0.15) is 0 Å². The molecule has 0 saturated carbocycles. The third kappa shape index (κ3) is 9.44. The first-order chi connectivity index (χ1) is 19.1. The predicted octanol–water partition coefficient (Wildman–Crippen LogP) is 11.4. The molecule has 3 nitrogen and oxygen atoms in total. The second kappa shape index (κ2) is 17.9. The summed E-state index contributed by atoms with van der Waals surface area (Å²) in [5.74, 6) is -0.221. The maximum Gasteiger partial charge on any atom is 0.262 e. The monoisotopic (exact) mass is 597 g/mol. The molecule has 0 spiro atoms. The van der Waals surface area contributed by atoms with E-state index in [0.717, 1.165) is 40.9 Å². The van der Waals surface area contributed by atoms with E-state index < -0.39 is 0 Å². The van der Waals surface area contributed by atoms with Crippen molar-refractivity contribution < 1.29 is 9.59 Å². The normalized spacial score (nSPS) is 13.3. The predicted molar refractivity (Wildman–Crippen MR) is 170 cm³/mol. The van der Waals surface area contributed by atoms with Crippen LogP contribution in [0, 0.1) is 0 Å². The van der Waals surface area contributed by atoms with Crippen LogP contribution in [0.3, 0.4) is 0 Å². The standard InChI is InChI=1S/C35H52BrNO2/c1-3-5-7-9-11-13-15-17-19-23-29(24-20-18-16-14-12-10-8-6-4-2)37-34(38)30-25-21-22-28-26-27-31(36)33(32(28)30)35(37)39/h21-22,25-27,29H,3-20,23-24H2,1-2H3. The summed E-state index contributed by atoms with van der Waals surface area (Å²) in [6.07, 6.45) is 24.9. The van der Waals surface area contributed by atoms with Crippen molar-refractivity contribution in [3.8, 4) is 0 Å². The summed E-state index contributed by atoms with van der Waals surface area (Å²) in [4.78, 5) is 29.3. The summed E-state index contributed by atoms with van der Waals surface area (Å²) in [6.45, 7) is 4.53. The Morgan fingerprint density at radius 1 is 0.615 bits per heavy atom. The lowest BCUT2D eigenvalue weighted by atomic mass is 9.91. The molecule has 0 unspecified atom stereocenters. The van der Waals surface area contributed by atoms with Crippen LogP contribution in [-0.4, -0.2) is 22.8 Å². The largest absolute Gasteiger partial charge is 0.271 e. The van der Waals surface area contributed by atoms with Crippen LogP contribution in [-0.2, 0) is 0 Å². The number of imide groups is 1. The van der Waals surface area contributed by atoms with Gasteiger partial charge in [-0.15, -0.1) is 0 Å². The quantitative estimate of drug-likeness (QED) is 0.106. The molecule has 0 aromatic heterocycles. The van der Waals surface area contributed by atoms with Gasteiger partial charge >= 0.3 is 0 Å². The summed E-state index contributed by atoms with van der Waals surface area (Å²) in [6, 6.07) is 9.75. The number of unbranched alkanes of at least 4 members (excludes halogenated alkanes) is 16. The average Bonchev–Trinajstić information content (AvgIpc) is 2.94. The Bertz CT molecular complexity index is 1010. The fourth-order valence-corrected chi connectivity index (χ4v) is 6.70. The molecule has 3 rings (SSSR count). The molecule has 2 aromatic carbocycles. The number of amides is 2. The minimum Gasteiger partial charge on any atom is -0.271 e. The Kier molecular flexibility index (Phi) is 14.6. The lowest BCUT2D eigenvalue weighted by Gasteiger charge is -2.34. The molecule has 216 valence electrons. The summed E-state index contributed by atoms with van der Waals surface area (Å²) < 4.78 is 0.787. The molecule has 0 saturated heterocycles. The number of hydrogen-bond donors (Lipinski definition) is 0. The molecule has 2 aromatic rings. The molecular weight excluding hydrogens is 546 g/mol. The third-order valence-electron chi connectivity index (χ3n) is 8.52. The SMILES string of the molecule is CCCCCCCCCCCC(CCCCCCCCCCC)N1C(=O)c2cccc3ccc(Br)c(c23)C1=O. The molecule has 0 atom stereocenters. The van der Waals surface area contributed by atoms with Gasteiger partial charge in [0.1, 0.15) is 0 Å². The second-order valence-corrected chi connectivity index (χ2v) is 12.5. The first-order valence-corrected chi connectivity index (χ1v) is 17.0. The zero-order valence-corrected chi connectivity index (χ0v) is 26.3. The van der Waals surface area contributed by atoms with E-state index in [1.165, 1.54) is 103 Å². The third-order valence-corrected chi connectivity index (χ3v) is 9.18. The molecule has 0 fully saturated rings. The molecule has 1 aliphatic heterocycles. The van der Waals surface area contributed by atoms with Crippen molar-refractivity contribution >= 4 is 38.5 Å². The van der Waals surface area contributed by atoms with Crippen LogP contribution in [0.2, 0.25) is 0 Å². The van der Waals surface area contributed by atoms with Crippen LogP contribution in [0.4, 0.5) is 0 Å². The van der Waals surface area contributed by atoms with Crippen molar-refractivity contribution in [2.75, 3.05) is 0 Å². The van der Waals surface area contributed by atoms with E-state index in [1.54, 1.807) is 4.90 Å². The highest BCUT2D eigenvalue weighted by Gasteiger charge is 2.38. The molecule has 1 heterocycles. The molecule has 0 N–H and O–H groups in total. The van der Waals surface area contributed by atoms with Gasteiger partial charge in [0.2, 0.25) is 0 Å². The fourth-order valence-electron chi connectivity index (χ4n) is 6.20. The maximum absolute atomic E-state index is 13.9. The first-order valence-electron chi connectivity index (χ1n) is 16.2. The van der Waals surface area contributed by atoms with Crippen molar-refractivity contribution in [3.05, 3.63) is 45.9 Å². The molecule has 0 radical (unpaired) electrons. The highest BCUT2D eigenvalue weighted by molar-refractivity contribution is 9.10. The number of halogens is 1. The van der Waals surface area contributed by atoms with E-state index in [2.05, 4.69) is 29.8 Å². The van der Waals surface area contributed by atoms with Gasteiger partial charge in [0.25, 0.3) is 11.8 Å². The minimum atomic E-state index is -0.118. The maximum atomic E-state index is 13.9. The second-order valence-electron chi connectivity index (χ2n) is 11.7. The Morgan fingerprint density at radius 3 is 1.62 bits per heavy atom. The number of nitrogens with zero attached hydrogens (tertiary/aromatic N) is 1. The molecule has 4 heteroatoms. The van der Waals surface area contributed by atoms with E-state index in [1.807, 2.05) is 30.3 Å². The van der Waals surface area contributed by atoms with Gasteiger partial charge in [-0.1, -0.05) is 148 Å². The van der Waals surface area contributed by atoms with Gasteiger partial charge in [0.15, 0.2) is 0 Å². The van der Waals surface area contributed by atoms with Crippen LogP contribution < -0.4 is 0 Å². The van der Waals surface area contributed by atoms with E-state index in [0.29, 0.717) is 11.1 Å². The van der Waals surface area contributed by atoms with Gasteiger partial charge in [-0.3, -0.25) is 14.5 Å². The number of benzene rings is 2. The number of hydrogen-bond acceptors (Lipinski definition) is 2. The van der Waals surface area contributed by atoms with Crippen molar-refractivity contribution in [3.63, 3.8) is 0 Å². The van der Waals surface area contributed by atoms with Gasteiger partial charge in [0, 0.05) is 21.5 Å². The topological polar surface area (TPSA) is 37.4 Å². The lowest BCUT2D eigenvalue weighted by Crippen LogP contribution is -2.47. The lowest BCUT2D eigenvalue weighted by molar-refractivity contribution is 0.0516. The van der Waals surface area contributed by atoms with Crippen molar-refractivity contribution in [1.29, 1.82) is 0 Å². The molecule has 39 heavy (non-hydrogen) atoms. The minimum absolute atomic E-state index is 0.0189. The van der Waals surface area contributed by atoms with Crippen LogP contribution in [0.15, 0.2) is 34.8 Å². The van der Waals surface area contributed by atoms with Crippen LogP contribution in [0.5, 0.6) is 0 Å². The smallest absolute Gasteiger partial charge is 0.262 e. The van der Waals surface area contributed by atoms with E-state index in [-0.39, 0.29) is 17.9 Å². The Labute approximate surface area is 246 Å². The Hall–Kier alpha value is -1.68. The van der Waals surface area contributed by atoms with Crippen molar-refractivity contribution in [1.82, 2.24) is 4.90 Å². The summed E-state index contributed by atoms with van der Waals surface area (Å²) in [5, 5.41) is 1.77. The fraction of sp³-hybridized carbons (Fsp3) is 0.657. The van der Waals surface area contributed by atoms with Crippen LogP contribution >= 0.6 is 15.9 Å². The molecular formula is C35H52BrNO2. The molecule has 0 aliphatic carbocycles. The molecule has 2 amide bonds. The van der Waals surface area contributed by atoms with E-state index in [4.69, 9.17) is 0 Å². The van der Waals surface area contributed by atoms with Gasteiger partial charge < -0.3 is 0 Å². The number of rotatable bonds is 21. The molecule has 0 bridgehead atoms. The summed E-state index contributed by atoms with van der Waals surface area (Å²) in [7, 11) is 0. The van der Waals surface area contributed by atoms with Crippen molar-refractivity contribution in [2.24, 2.45) is 0 Å². The van der Waals surface area contributed by atoms with Crippen LogP contribution in [0.25, 0.3) is 10.8 Å². The number of carbonyl (C=O) groups excluding carboxylic acids is 2. The summed E-state index contributed by atoms with van der Waals surface area (Å²) >= 11 is 3.63. The van der Waals surface area contributed by atoms with Crippen LogP contribution in [0.1, 0.15) is 163 Å². The van der Waals surface area contributed by atoms with Crippen molar-refractivity contribution in [2.45, 2.75) is 148 Å².